The van der Waals surface area contributed by atoms with Crippen LogP contribution in [0.3, 0.4) is 0 Å². The molecule has 0 aliphatic rings. The first-order chi connectivity index (χ1) is 7.18. The lowest BCUT2D eigenvalue weighted by Gasteiger charge is -2.07. The summed E-state index contributed by atoms with van der Waals surface area (Å²) in [7, 11) is 0. The second kappa shape index (κ2) is 3.69. The van der Waals surface area contributed by atoms with E-state index in [9.17, 15) is 4.39 Å². The standard InChI is InChI=1S/C12H11FN2/c1-8-7-9(13)4-5-10(8)11-3-2-6-15-12(11)14/h2-7H,1H3,(H2,14,15). The number of nitrogens with two attached hydrogens (primary N) is 1. The number of benzene rings is 1. The van der Waals surface area contributed by atoms with E-state index in [4.69, 9.17) is 5.73 Å². The molecule has 0 aliphatic carbocycles. The SMILES string of the molecule is Cc1cc(F)ccc1-c1cccnc1N. The first kappa shape index (κ1) is 9.65. The Morgan fingerprint density at radius 3 is 2.67 bits per heavy atom. The molecule has 76 valence electrons. The fraction of sp³-hybridized carbons (Fsp3) is 0.0833. The van der Waals surface area contributed by atoms with Crippen LogP contribution in [0.25, 0.3) is 11.1 Å². The second-order valence-electron chi connectivity index (χ2n) is 3.40. The number of anilines is 1. The summed E-state index contributed by atoms with van der Waals surface area (Å²) in [6.45, 7) is 1.85. The minimum absolute atomic E-state index is 0.237. The zero-order chi connectivity index (χ0) is 10.8. The van der Waals surface area contributed by atoms with Crippen molar-refractivity contribution in [3.8, 4) is 11.1 Å². The number of hydrogen-bond donors (Lipinski definition) is 1. The predicted molar refractivity (Wildman–Crippen MR) is 58.8 cm³/mol. The van der Waals surface area contributed by atoms with Gasteiger partial charge in [0.2, 0.25) is 0 Å². The Hall–Kier alpha value is -1.90. The lowest BCUT2D eigenvalue weighted by molar-refractivity contribution is 0.627. The first-order valence-corrected chi connectivity index (χ1v) is 4.65. The van der Waals surface area contributed by atoms with Crippen LogP contribution in [0.1, 0.15) is 5.56 Å². The van der Waals surface area contributed by atoms with Crippen molar-refractivity contribution in [1.29, 1.82) is 0 Å². The third-order valence-electron chi connectivity index (χ3n) is 2.32. The molecule has 0 saturated heterocycles. The number of nitrogens with zero attached hydrogens (tertiary/aromatic N) is 1. The molecular formula is C12H11FN2. The van der Waals surface area contributed by atoms with Gasteiger partial charge in [0.15, 0.2) is 0 Å². The molecular weight excluding hydrogens is 191 g/mol. The van der Waals surface area contributed by atoms with E-state index in [0.717, 1.165) is 16.7 Å². The monoisotopic (exact) mass is 202 g/mol. The third-order valence-corrected chi connectivity index (χ3v) is 2.32. The van der Waals surface area contributed by atoms with Gasteiger partial charge >= 0.3 is 0 Å². The van der Waals surface area contributed by atoms with E-state index in [1.165, 1.54) is 12.1 Å². The smallest absolute Gasteiger partial charge is 0.131 e. The molecule has 1 aromatic heterocycles. The highest BCUT2D eigenvalue weighted by atomic mass is 19.1. The van der Waals surface area contributed by atoms with Gasteiger partial charge in [0.05, 0.1) is 0 Å². The maximum absolute atomic E-state index is 12.9. The molecule has 1 aromatic carbocycles. The van der Waals surface area contributed by atoms with E-state index >= 15 is 0 Å². The molecule has 0 saturated carbocycles. The Kier molecular flexibility index (Phi) is 2.37. The summed E-state index contributed by atoms with van der Waals surface area (Å²) in [5, 5.41) is 0. The van der Waals surface area contributed by atoms with Crippen LogP contribution in [0.15, 0.2) is 36.5 Å². The highest BCUT2D eigenvalue weighted by Gasteiger charge is 2.06. The molecule has 0 unspecified atom stereocenters. The molecule has 0 fully saturated rings. The van der Waals surface area contributed by atoms with Crippen molar-refractivity contribution in [1.82, 2.24) is 4.98 Å². The van der Waals surface area contributed by atoms with Gasteiger partial charge in [-0.1, -0.05) is 6.07 Å². The molecule has 2 rings (SSSR count). The third kappa shape index (κ3) is 1.81. The summed E-state index contributed by atoms with van der Waals surface area (Å²) >= 11 is 0. The number of halogens is 1. The fourth-order valence-electron chi connectivity index (χ4n) is 1.57. The van der Waals surface area contributed by atoms with Crippen molar-refractivity contribution in [3.05, 3.63) is 47.9 Å². The van der Waals surface area contributed by atoms with Crippen molar-refractivity contribution >= 4 is 5.82 Å². The van der Waals surface area contributed by atoms with Crippen molar-refractivity contribution in [3.63, 3.8) is 0 Å². The summed E-state index contributed by atoms with van der Waals surface area (Å²) in [5.41, 5.74) is 8.37. The zero-order valence-corrected chi connectivity index (χ0v) is 8.37. The van der Waals surface area contributed by atoms with Crippen LogP contribution >= 0.6 is 0 Å². The number of rotatable bonds is 1. The van der Waals surface area contributed by atoms with Gasteiger partial charge in [-0.05, 0) is 42.3 Å². The average Bonchev–Trinajstić information content (AvgIpc) is 2.20. The maximum atomic E-state index is 12.9. The highest BCUT2D eigenvalue weighted by molar-refractivity contribution is 5.75. The Balaban J connectivity index is 2.60. The van der Waals surface area contributed by atoms with E-state index in [-0.39, 0.29) is 5.82 Å². The summed E-state index contributed by atoms with van der Waals surface area (Å²) in [6.07, 6.45) is 1.64. The minimum Gasteiger partial charge on any atom is -0.383 e. The summed E-state index contributed by atoms with van der Waals surface area (Å²) in [6, 6.07) is 8.33. The topological polar surface area (TPSA) is 38.9 Å². The summed E-state index contributed by atoms with van der Waals surface area (Å²) < 4.78 is 12.9. The van der Waals surface area contributed by atoms with Crippen LogP contribution in [0.5, 0.6) is 0 Å². The predicted octanol–water partition coefficient (Wildman–Crippen LogP) is 2.78. The van der Waals surface area contributed by atoms with Crippen molar-refractivity contribution in [2.45, 2.75) is 6.92 Å². The zero-order valence-electron chi connectivity index (χ0n) is 8.37. The van der Waals surface area contributed by atoms with Crippen molar-refractivity contribution in [2.75, 3.05) is 5.73 Å². The van der Waals surface area contributed by atoms with Gasteiger partial charge in [-0.15, -0.1) is 0 Å². The first-order valence-electron chi connectivity index (χ1n) is 4.65. The van der Waals surface area contributed by atoms with E-state index in [1.807, 2.05) is 19.1 Å². The van der Waals surface area contributed by atoms with Gasteiger partial charge < -0.3 is 5.73 Å². The molecule has 2 N–H and O–H groups in total. The van der Waals surface area contributed by atoms with Crippen LogP contribution in [0.2, 0.25) is 0 Å². The molecule has 2 nitrogen and oxygen atoms in total. The second-order valence-corrected chi connectivity index (χ2v) is 3.40. The van der Waals surface area contributed by atoms with Gasteiger partial charge in [-0.2, -0.15) is 0 Å². The van der Waals surface area contributed by atoms with Gasteiger partial charge in [-0.3, -0.25) is 0 Å². The Morgan fingerprint density at radius 2 is 2.00 bits per heavy atom. The fourth-order valence-corrected chi connectivity index (χ4v) is 1.57. The largest absolute Gasteiger partial charge is 0.383 e. The normalized spacial score (nSPS) is 10.3. The van der Waals surface area contributed by atoms with Gasteiger partial charge in [0.25, 0.3) is 0 Å². The molecule has 2 aromatic rings. The minimum atomic E-state index is -0.237. The molecule has 0 amide bonds. The van der Waals surface area contributed by atoms with Crippen LogP contribution in [0.4, 0.5) is 10.2 Å². The molecule has 0 aliphatic heterocycles. The Labute approximate surface area is 87.6 Å². The van der Waals surface area contributed by atoms with Crippen LogP contribution in [0, 0.1) is 12.7 Å². The van der Waals surface area contributed by atoms with Gasteiger partial charge in [-0.25, -0.2) is 9.37 Å². The average molecular weight is 202 g/mol. The quantitative estimate of drug-likeness (QED) is 0.772. The molecule has 1 heterocycles. The van der Waals surface area contributed by atoms with Gasteiger partial charge in [0, 0.05) is 11.8 Å². The Morgan fingerprint density at radius 1 is 1.20 bits per heavy atom. The molecule has 0 radical (unpaired) electrons. The number of pyridine rings is 1. The lowest BCUT2D eigenvalue weighted by Crippen LogP contribution is -1.94. The summed E-state index contributed by atoms with van der Waals surface area (Å²) in [5.74, 6) is 0.228. The Bertz CT molecular complexity index is 495. The molecule has 3 heteroatoms. The number of aromatic nitrogens is 1. The van der Waals surface area contributed by atoms with Crippen molar-refractivity contribution in [2.24, 2.45) is 0 Å². The summed E-state index contributed by atoms with van der Waals surface area (Å²) in [4.78, 5) is 4.00. The van der Waals surface area contributed by atoms with E-state index in [2.05, 4.69) is 4.98 Å². The van der Waals surface area contributed by atoms with Crippen molar-refractivity contribution < 1.29 is 4.39 Å². The highest BCUT2D eigenvalue weighted by Crippen LogP contribution is 2.27. The lowest BCUT2D eigenvalue weighted by atomic mass is 10.0. The molecule has 0 atom stereocenters. The van der Waals surface area contributed by atoms with E-state index in [1.54, 1.807) is 12.3 Å². The van der Waals surface area contributed by atoms with Crippen LogP contribution < -0.4 is 5.73 Å². The molecule has 0 bridgehead atoms. The maximum Gasteiger partial charge on any atom is 0.131 e. The number of nitrogen functional groups attached to an aromatic ring is 1. The van der Waals surface area contributed by atoms with Crippen LogP contribution in [-0.2, 0) is 0 Å². The molecule has 15 heavy (non-hydrogen) atoms. The van der Waals surface area contributed by atoms with E-state index in [0.29, 0.717) is 5.82 Å². The number of hydrogen-bond acceptors (Lipinski definition) is 2. The van der Waals surface area contributed by atoms with Crippen LogP contribution in [-0.4, -0.2) is 4.98 Å². The number of aryl methyl sites for hydroxylation is 1. The van der Waals surface area contributed by atoms with E-state index < -0.39 is 0 Å². The molecule has 0 spiro atoms. The van der Waals surface area contributed by atoms with Gasteiger partial charge in [0.1, 0.15) is 11.6 Å².